The average Bonchev–Trinajstić information content (AvgIpc) is 3.12. The van der Waals surface area contributed by atoms with Gasteiger partial charge in [0, 0.05) is 28.4 Å². The minimum Gasteiger partial charge on any atom is -0.370 e. The molecule has 2 aromatic heterocycles. The summed E-state index contributed by atoms with van der Waals surface area (Å²) in [5.74, 6) is 1.06. The molecule has 0 amide bonds. The third-order valence-corrected chi connectivity index (χ3v) is 5.70. The Hall–Kier alpha value is -1.49. The maximum atomic E-state index is 6.42. The van der Waals surface area contributed by atoms with Crippen LogP contribution >= 0.6 is 34.5 Å². The first kappa shape index (κ1) is 16.0. The molecule has 0 radical (unpaired) electrons. The fraction of sp³-hybridized carbons (Fsp3) is 0.278. The minimum atomic E-state index is 0.651. The highest BCUT2D eigenvalue weighted by Gasteiger charge is 2.22. The number of hydrogen-bond acceptors (Lipinski definition) is 3. The third kappa shape index (κ3) is 3.06. The zero-order valence-corrected chi connectivity index (χ0v) is 15.4. The second kappa shape index (κ2) is 6.79. The summed E-state index contributed by atoms with van der Waals surface area (Å²) >= 11 is 14.4. The van der Waals surface area contributed by atoms with E-state index < -0.39 is 0 Å². The topological polar surface area (TPSA) is 29.9 Å². The number of benzene rings is 1. The first-order valence-electron chi connectivity index (χ1n) is 8.05. The van der Waals surface area contributed by atoms with Crippen molar-refractivity contribution in [3.8, 4) is 5.69 Å². The van der Waals surface area contributed by atoms with Crippen molar-refractivity contribution in [3.63, 3.8) is 0 Å². The Morgan fingerprint density at radius 3 is 2.96 bits per heavy atom. The molecule has 0 atom stereocenters. The highest BCUT2D eigenvalue weighted by Crippen LogP contribution is 2.33. The lowest BCUT2D eigenvalue weighted by molar-refractivity contribution is 0.768. The van der Waals surface area contributed by atoms with Gasteiger partial charge in [-0.3, -0.25) is 0 Å². The van der Waals surface area contributed by atoms with Crippen LogP contribution in [0.5, 0.6) is 0 Å². The van der Waals surface area contributed by atoms with E-state index in [2.05, 4.69) is 22.8 Å². The van der Waals surface area contributed by atoms with E-state index in [9.17, 15) is 0 Å². The van der Waals surface area contributed by atoms with Gasteiger partial charge in [0.05, 0.1) is 16.4 Å². The molecule has 1 aliphatic heterocycles. The van der Waals surface area contributed by atoms with Crippen LogP contribution < -0.4 is 5.32 Å². The van der Waals surface area contributed by atoms with E-state index >= 15 is 0 Å². The van der Waals surface area contributed by atoms with Gasteiger partial charge in [0.25, 0.3) is 0 Å². The summed E-state index contributed by atoms with van der Waals surface area (Å²) in [6, 6.07) is 9.74. The van der Waals surface area contributed by atoms with E-state index in [-0.39, 0.29) is 0 Å². The molecule has 0 bridgehead atoms. The van der Waals surface area contributed by atoms with Gasteiger partial charge in [-0.25, -0.2) is 4.68 Å². The molecule has 0 unspecified atom stereocenters. The van der Waals surface area contributed by atoms with Crippen molar-refractivity contribution in [2.75, 3.05) is 11.9 Å². The van der Waals surface area contributed by atoms with Gasteiger partial charge in [-0.15, -0.1) is 11.3 Å². The van der Waals surface area contributed by atoms with Gasteiger partial charge in [-0.2, -0.15) is 5.10 Å². The lowest BCUT2D eigenvalue weighted by atomic mass is 10.1. The van der Waals surface area contributed by atoms with Crippen LogP contribution in [0.4, 0.5) is 5.82 Å². The van der Waals surface area contributed by atoms with Crippen molar-refractivity contribution in [3.05, 3.63) is 61.9 Å². The third-order valence-electron chi connectivity index (χ3n) is 4.27. The van der Waals surface area contributed by atoms with E-state index in [1.807, 2.05) is 16.8 Å². The molecule has 4 rings (SSSR count). The number of hydrogen-bond donors (Lipinski definition) is 1. The normalized spacial score (nSPS) is 14.1. The molecule has 1 N–H and O–H groups in total. The summed E-state index contributed by atoms with van der Waals surface area (Å²) in [7, 11) is 0. The SMILES string of the molecule is Clc1ccc(Cl)c(-n2nc(Cc3cccs3)c3c2NCCCC3)c1. The second-order valence-electron chi connectivity index (χ2n) is 5.92. The van der Waals surface area contributed by atoms with E-state index in [1.54, 1.807) is 17.4 Å². The van der Waals surface area contributed by atoms with Gasteiger partial charge >= 0.3 is 0 Å². The molecular formula is C18H17Cl2N3S. The molecule has 0 saturated heterocycles. The molecule has 1 aromatic carbocycles. The molecule has 0 saturated carbocycles. The van der Waals surface area contributed by atoms with Crippen LogP contribution in [0.2, 0.25) is 10.0 Å². The van der Waals surface area contributed by atoms with Crippen LogP contribution in [-0.4, -0.2) is 16.3 Å². The summed E-state index contributed by atoms with van der Waals surface area (Å²) in [5, 5.41) is 11.9. The molecule has 3 nitrogen and oxygen atoms in total. The zero-order valence-electron chi connectivity index (χ0n) is 13.1. The summed E-state index contributed by atoms with van der Waals surface area (Å²) < 4.78 is 1.93. The number of aromatic nitrogens is 2. The molecule has 124 valence electrons. The Kier molecular flexibility index (Phi) is 4.53. The molecule has 0 aliphatic carbocycles. The van der Waals surface area contributed by atoms with Crippen molar-refractivity contribution in [1.29, 1.82) is 0 Å². The van der Waals surface area contributed by atoms with Gasteiger partial charge in [0.2, 0.25) is 0 Å². The molecule has 6 heteroatoms. The maximum absolute atomic E-state index is 6.42. The quantitative estimate of drug-likeness (QED) is 0.645. The largest absolute Gasteiger partial charge is 0.370 e. The van der Waals surface area contributed by atoms with E-state index in [0.29, 0.717) is 10.0 Å². The Labute approximate surface area is 155 Å². The minimum absolute atomic E-state index is 0.651. The van der Waals surface area contributed by atoms with Gasteiger partial charge in [0.15, 0.2) is 0 Å². The highest BCUT2D eigenvalue weighted by atomic mass is 35.5. The smallest absolute Gasteiger partial charge is 0.133 e. The number of halogens is 2. The number of nitrogens with one attached hydrogen (secondary N) is 1. The molecular weight excluding hydrogens is 361 g/mol. The monoisotopic (exact) mass is 377 g/mol. The predicted molar refractivity (Wildman–Crippen MR) is 102 cm³/mol. The lowest BCUT2D eigenvalue weighted by Crippen LogP contribution is -2.07. The number of anilines is 1. The van der Waals surface area contributed by atoms with Crippen molar-refractivity contribution in [2.45, 2.75) is 25.7 Å². The van der Waals surface area contributed by atoms with Crippen LogP contribution in [0, 0.1) is 0 Å². The summed E-state index contributed by atoms with van der Waals surface area (Å²) in [4.78, 5) is 1.32. The number of fused-ring (bicyclic) bond motifs is 1. The Morgan fingerprint density at radius 1 is 1.21 bits per heavy atom. The van der Waals surface area contributed by atoms with Gasteiger partial charge in [-0.1, -0.05) is 29.3 Å². The molecule has 3 heterocycles. The van der Waals surface area contributed by atoms with Gasteiger partial charge in [-0.05, 0) is 48.9 Å². The molecule has 0 spiro atoms. The first-order valence-corrected chi connectivity index (χ1v) is 9.68. The number of nitrogens with zero attached hydrogens (tertiary/aromatic N) is 2. The Morgan fingerprint density at radius 2 is 2.12 bits per heavy atom. The van der Waals surface area contributed by atoms with Crippen LogP contribution in [-0.2, 0) is 12.8 Å². The standard InChI is InChI=1S/C18H17Cl2N3S/c19-12-6-7-15(20)17(10-12)23-18-14(5-1-2-8-21-18)16(22-23)11-13-4-3-9-24-13/h3-4,6-7,9-10,21H,1-2,5,8,11H2. The first-order chi connectivity index (χ1) is 11.7. The van der Waals surface area contributed by atoms with Crippen LogP contribution in [0.15, 0.2) is 35.7 Å². The number of thiophene rings is 1. The molecule has 24 heavy (non-hydrogen) atoms. The van der Waals surface area contributed by atoms with Crippen LogP contribution in [0.1, 0.15) is 29.0 Å². The maximum Gasteiger partial charge on any atom is 0.133 e. The van der Waals surface area contributed by atoms with Crippen molar-refractivity contribution in [2.24, 2.45) is 0 Å². The van der Waals surface area contributed by atoms with E-state index in [1.165, 1.54) is 16.9 Å². The molecule has 1 aliphatic rings. The molecule has 3 aromatic rings. The van der Waals surface area contributed by atoms with Crippen molar-refractivity contribution >= 4 is 40.4 Å². The van der Waals surface area contributed by atoms with E-state index in [0.717, 1.165) is 43.0 Å². The zero-order chi connectivity index (χ0) is 16.5. The fourth-order valence-corrected chi connectivity index (χ4v) is 4.19. The number of rotatable bonds is 3. The van der Waals surface area contributed by atoms with Crippen molar-refractivity contribution < 1.29 is 0 Å². The average molecular weight is 378 g/mol. The van der Waals surface area contributed by atoms with Crippen LogP contribution in [0.25, 0.3) is 5.69 Å². The van der Waals surface area contributed by atoms with E-state index in [4.69, 9.17) is 28.3 Å². The lowest BCUT2D eigenvalue weighted by Gasteiger charge is -2.11. The molecule has 0 fully saturated rings. The fourth-order valence-electron chi connectivity index (χ4n) is 3.12. The summed E-state index contributed by atoms with van der Waals surface area (Å²) in [6.45, 7) is 0.954. The second-order valence-corrected chi connectivity index (χ2v) is 7.80. The summed E-state index contributed by atoms with van der Waals surface area (Å²) in [6.07, 6.45) is 4.23. The predicted octanol–water partition coefficient (Wildman–Crippen LogP) is 5.58. The van der Waals surface area contributed by atoms with Gasteiger partial charge < -0.3 is 5.32 Å². The highest BCUT2D eigenvalue weighted by molar-refractivity contribution is 7.09. The van der Waals surface area contributed by atoms with Crippen LogP contribution in [0.3, 0.4) is 0 Å². The Bertz CT molecular complexity index is 856. The van der Waals surface area contributed by atoms with Gasteiger partial charge in [0.1, 0.15) is 5.82 Å². The van der Waals surface area contributed by atoms with Crippen molar-refractivity contribution in [1.82, 2.24) is 9.78 Å². The Balaban J connectivity index is 1.84. The summed E-state index contributed by atoms with van der Waals surface area (Å²) in [5.41, 5.74) is 3.25.